The second-order valence-electron chi connectivity index (χ2n) is 9.63. The molecule has 0 aliphatic carbocycles. The van der Waals surface area contributed by atoms with Gasteiger partial charge in [-0.2, -0.15) is 0 Å². The van der Waals surface area contributed by atoms with Crippen LogP contribution < -0.4 is 15.0 Å². The molecule has 41 heavy (non-hydrogen) atoms. The maximum absolute atomic E-state index is 12.1. The van der Waals surface area contributed by atoms with Crippen molar-refractivity contribution in [3.63, 3.8) is 0 Å². The smallest absolute Gasteiger partial charge is 0.337 e. The fourth-order valence-electron chi connectivity index (χ4n) is 4.98. The van der Waals surface area contributed by atoms with Gasteiger partial charge in [0.2, 0.25) is 0 Å². The third-order valence-electron chi connectivity index (χ3n) is 7.02. The quantitative estimate of drug-likeness (QED) is 0.163. The molecule has 1 aliphatic rings. The monoisotopic (exact) mass is 561 g/mol. The molecule has 8 heteroatoms. The molecule has 5 aromatic rings. The van der Waals surface area contributed by atoms with Crippen molar-refractivity contribution in [2.24, 2.45) is 0 Å². The number of hydrogen-bond donors (Lipinski definition) is 1. The number of para-hydroxylation sites is 1. The van der Waals surface area contributed by atoms with Gasteiger partial charge in [0.15, 0.2) is 5.11 Å². The Bertz CT molecular complexity index is 1700. The van der Waals surface area contributed by atoms with Gasteiger partial charge in [-0.15, -0.1) is 0 Å². The average Bonchev–Trinajstić information content (AvgIpc) is 3.63. The first kappa shape index (κ1) is 26.3. The first-order valence-electron chi connectivity index (χ1n) is 13.1. The number of nitrogens with zero attached hydrogens (tertiary/aromatic N) is 2. The molecule has 204 valence electrons. The number of benzene rings is 3. The Morgan fingerprint density at radius 1 is 0.951 bits per heavy atom. The molecule has 1 saturated heterocycles. The average molecular weight is 562 g/mol. The normalized spacial score (nSPS) is 16.3. The highest BCUT2D eigenvalue weighted by Gasteiger charge is 2.42. The number of thiocarbonyl (C=S) groups is 1. The molecule has 2 unspecified atom stereocenters. The van der Waals surface area contributed by atoms with Crippen molar-refractivity contribution in [3.8, 4) is 22.8 Å². The van der Waals surface area contributed by atoms with Crippen LogP contribution in [-0.2, 0) is 4.74 Å². The van der Waals surface area contributed by atoms with E-state index in [0.29, 0.717) is 22.2 Å². The molecule has 0 bridgehead atoms. The van der Waals surface area contributed by atoms with Crippen LogP contribution in [0.3, 0.4) is 0 Å². The molecule has 6 rings (SSSR count). The molecular weight excluding hydrogens is 534 g/mol. The van der Waals surface area contributed by atoms with Crippen LogP contribution in [0.5, 0.6) is 11.5 Å². The number of esters is 1. The van der Waals surface area contributed by atoms with Gasteiger partial charge in [0, 0.05) is 17.4 Å². The van der Waals surface area contributed by atoms with Crippen LogP contribution in [0.1, 0.15) is 39.5 Å². The van der Waals surface area contributed by atoms with E-state index in [1.807, 2.05) is 96.8 Å². The van der Waals surface area contributed by atoms with Crippen LogP contribution in [0, 0.1) is 6.92 Å². The Morgan fingerprint density at radius 2 is 1.76 bits per heavy atom. The summed E-state index contributed by atoms with van der Waals surface area (Å²) in [6.07, 6.45) is 1.77. The van der Waals surface area contributed by atoms with E-state index in [4.69, 9.17) is 26.1 Å². The number of aromatic nitrogens is 1. The van der Waals surface area contributed by atoms with Gasteiger partial charge in [-0.25, -0.2) is 4.79 Å². The Balaban J connectivity index is 1.35. The van der Waals surface area contributed by atoms with Crippen molar-refractivity contribution in [3.05, 3.63) is 132 Å². The van der Waals surface area contributed by atoms with E-state index in [1.165, 1.54) is 7.11 Å². The highest BCUT2D eigenvalue weighted by atomic mass is 32.1. The summed E-state index contributed by atoms with van der Waals surface area (Å²) in [4.78, 5) is 18.7. The Labute approximate surface area is 243 Å². The van der Waals surface area contributed by atoms with Gasteiger partial charge in [-0.1, -0.05) is 36.4 Å². The predicted octanol–water partition coefficient (Wildman–Crippen LogP) is 7.41. The van der Waals surface area contributed by atoms with Gasteiger partial charge in [-0.05, 0) is 91.4 Å². The first-order valence-corrected chi connectivity index (χ1v) is 13.6. The van der Waals surface area contributed by atoms with E-state index in [1.54, 1.807) is 24.4 Å². The van der Waals surface area contributed by atoms with Crippen molar-refractivity contribution in [1.82, 2.24) is 10.3 Å². The van der Waals surface area contributed by atoms with Gasteiger partial charge in [0.25, 0.3) is 0 Å². The van der Waals surface area contributed by atoms with Crippen molar-refractivity contribution in [2.75, 3.05) is 12.0 Å². The maximum Gasteiger partial charge on any atom is 0.337 e. The standard InChI is InChI=1S/C33H27N3O4S/c1-21-8-3-4-12-27(21)39-25-15-13-24(14-16-25)36-31(30(35-33(36)41)26-11-5-6-19-34-26)29-18-17-28(40-29)22-9-7-10-23(20-22)32(37)38-2/h3-20,30-31H,1-2H3,(H,35,41). The predicted molar refractivity (Wildman–Crippen MR) is 161 cm³/mol. The minimum atomic E-state index is -0.403. The Hall–Kier alpha value is -4.95. The number of carbonyl (C=O) groups is 1. The SMILES string of the molecule is COC(=O)c1cccc(-c2ccc(C3C(c4ccccn4)NC(=S)N3c3ccc(Oc4ccccc4C)cc3)o2)c1. The van der Waals surface area contributed by atoms with Crippen molar-refractivity contribution < 1.29 is 18.7 Å². The molecule has 0 radical (unpaired) electrons. The molecule has 1 fully saturated rings. The number of furan rings is 1. The zero-order valence-corrected chi connectivity index (χ0v) is 23.3. The van der Waals surface area contributed by atoms with Gasteiger partial charge >= 0.3 is 5.97 Å². The van der Waals surface area contributed by atoms with Crippen LogP contribution in [-0.4, -0.2) is 23.2 Å². The molecule has 1 aliphatic heterocycles. The van der Waals surface area contributed by atoms with Crippen LogP contribution in [0.4, 0.5) is 5.69 Å². The number of methoxy groups -OCH3 is 1. The van der Waals surface area contributed by atoms with Gasteiger partial charge < -0.3 is 24.1 Å². The molecule has 2 atom stereocenters. The van der Waals surface area contributed by atoms with Crippen molar-refractivity contribution in [1.29, 1.82) is 0 Å². The van der Waals surface area contributed by atoms with Gasteiger partial charge in [0.1, 0.15) is 29.1 Å². The fourth-order valence-corrected chi connectivity index (χ4v) is 5.32. The topological polar surface area (TPSA) is 76.8 Å². The molecule has 0 saturated carbocycles. The Kier molecular flexibility index (Phi) is 7.22. The van der Waals surface area contributed by atoms with Crippen molar-refractivity contribution >= 4 is 29.0 Å². The lowest BCUT2D eigenvalue weighted by Crippen LogP contribution is -2.29. The largest absolute Gasteiger partial charge is 0.465 e. The zero-order valence-electron chi connectivity index (χ0n) is 22.5. The van der Waals surface area contributed by atoms with Crippen LogP contribution >= 0.6 is 12.2 Å². The van der Waals surface area contributed by atoms with Gasteiger partial charge in [0.05, 0.1) is 24.4 Å². The fraction of sp³-hybridized carbons (Fsp3) is 0.121. The summed E-state index contributed by atoms with van der Waals surface area (Å²) in [5.74, 6) is 2.47. The van der Waals surface area contributed by atoms with E-state index in [-0.39, 0.29) is 12.1 Å². The summed E-state index contributed by atoms with van der Waals surface area (Å²) in [6, 6.07) is 32.0. The third-order valence-corrected chi connectivity index (χ3v) is 7.34. The number of hydrogen-bond acceptors (Lipinski definition) is 6. The summed E-state index contributed by atoms with van der Waals surface area (Å²) in [5, 5.41) is 4.01. The van der Waals surface area contributed by atoms with E-state index >= 15 is 0 Å². The Morgan fingerprint density at radius 3 is 2.51 bits per heavy atom. The molecule has 3 heterocycles. The lowest BCUT2D eigenvalue weighted by molar-refractivity contribution is 0.0601. The zero-order chi connectivity index (χ0) is 28.3. The molecule has 3 aromatic carbocycles. The second kappa shape index (κ2) is 11.3. The number of rotatable bonds is 7. The first-order chi connectivity index (χ1) is 20.0. The van der Waals surface area contributed by atoms with E-state index < -0.39 is 5.97 Å². The number of nitrogens with one attached hydrogen (secondary N) is 1. The van der Waals surface area contributed by atoms with E-state index in [9.17, 15) is 4.79 Å². The molecule has 0 amide bonds. The van der Waals surface area contributed by atoms with Crippen LogP contribution in [0.2, 0.25) is 0 Å². The lowest BCUT2D eigenvalue weighted by Gasteiger charge is -2.26. The van der Waals surface area contributed by atoms with Crippen molar-refractivity contribution in [2.45, 2.75) is 19.0 Å². The highest BCUT2D eigenvalue weighted by Crippen LogP contribution is 2.43. The molecule has 7 nitrogen and oxygen atoms in total. The number of anilines is 1. The maximum atomic E-state index is 12.1. The van der Waals surface area contributed by atoms with Gasteiger partial charge in [-0.3, -0.25) is 4.98 Å². The summed E-state index contributed by atoms with van der Waals surface area (Å²) >= 11 is 5.85. The summed E-state index contributed by atoms with van der Waals surface area (Å²) in [5.41, 5.74) is 4.01. The molecular formula is C33H27N3O4S. The van der Waals surface area contributed by atoms with Crippen LogP contribution in [0.25, 0.3) is 11.3 Å². The van der Waals surface area contributed by atoms with E-state index in [2.05, 4.69) is 10.3 Å². The summed E-state index contributed by atoms with van der Waals surface area (Å²) < 4.78 is 17.4. The minimum Gasteiger partial charge on any atom is -0.465 e. The lowest BCUT2D eigenvalue weighted by atomic mass is 10.0. The summed E-state index contributed by atoms with van der Waals surface area (Å²) in [6.45, 7) is 2.02. The summed E-state index contributed by atoms with van der Waals surface area (Å²) in [7, 11) is 1.36. The molecule has 1 N–H and O–H groups in total. The minimum absolute atomic E-state index is 0.257. The second-order valence-corrected chi connectivity index (χ2v) is 10.0. The van der Waals surface area contributed by atoms with E-state index in [0.717, 1.165) is 34.0 Å². The third kappa shape index (κ3) is 5.29. The number of ether oxygens (including phenoxy) is 2. The molecule has 0 spiro atoms. The molecule has 2 aromatic heterocycles. The number of carbonyl (C=O) groups excluding carboxylic acids is 1. The highest BCUT2D eigenvalue weighted by molar-refractivity contribution is 7.80. The van der Waals surface area contributed by atoms with Crippen LogP contribution in [0.15, 0.2) is 114 Å². The number of pyridine rings is 1. The number of aryl methyl sites for hydroxylation is 1.